The van der Waals surface area contributed by atoms with E-state index < -0.39 is 0 Å². The number of hydrogen-bond acceptors (Lipinski definition) is 2. The highest BCUT2D eigenvalue weighted by Crippen LogP contribution is 2.20. The van der Waals surface area contributed by atoms with Crippen LogP contribution in [0.15, 0.2) is 49.3 Å². The lowest BCUT2D eigenvalue weighted by Crippen LogP contribution is -2.05. The third-order valence-corrected chi connectivity index (χ3v) is 2.86. The van der Waals surface area contributed by atoms with E-state index in [-0.39, 0.29) is 0 Å². The smallest absolute Gasteiger partial charge is 0.207 e. The highest BCUT2D eigenvalue weighted by molar-refractivity contribution is 5.44. The maximum Gasteiger partial charge on any atom is 0.207 e. The summed E-state index contributed by atoms with van der Waals surface area (Å²) in [4.78, 5) is 4.31. The predicted octanol–water partition coefficient (Wildman–Crippen LogP) is 3.59. The molecule has 0 amide bonds. The molecule has 1 aromatic heterocycles. The quantitative estimate of drug-likeness (QED) is 0.811. The number of hydrogen-bond donors (Lipinski definition) is 1. The van der Waals surface area contributed by atoms with E-state index in [1.165, 1.54) is 5.56 Å². The zero-order valence-corrected chi connectivity index (χ0v) is 10.9. The number of aromatic nitrogens is 2. The molecule has 0 saturated carbocycles. The van der Waals surface area contributed by atoms with Gasteiger partial charge in [-0.05, 0) is 23.6 Å². The fourth-order valence-corrected chi connectivity index (χ4v) is 1.84. The minimum Gasteiger partial charge on any atom is -0.352 e. The summed E-state index contributed by atoms with van der Waals surface area (Å²) in [5, 5.41) is 3.22. The zero-order valence-electron chi connectivity index (χ0n) is 10.9. The van der Waals surface area contributed by atoms with E-state index in [9.17, 15) is 0 Å². The lowest BCUT2D eigenvalue weighted by atomic mass is 10.0. The van der Waals surface area contributed by atoms with Gasteiger partial charge in [0.15, 0.2) is 0 Å². The molecule has 0 aliphatic heterocycles. The van der Waals surface area contributed by atoms with Crippen molar-refractivity contribution in [3.8, 4) is 5.69 Å². The third kappa shape index (κ3) is 2.62. The summed E-state index contributed by atoms with van der Waals surface area (Å²) in [6, 6.07) is 8.53. The van der Waals surface area contributed by atoms with E-state index in [1.807, 2.05) is 12.3 Å². The van der Waals surface area contributed by atoms with Crippen LogP contribution in [0.1, 0.15) is 25.3 Å². The molecule has 0 aliphatic rings. The zero-order chi connectivity index (χ0) is 13.0. The molecule has 1 heterocycles. The highest BCUT2D eigenvalue weighted by Gasteiger charge is 2.05. The molecule has 0 spiro atoms. The van der Waals surface area contributed by atoms with Gasteiger partial charge in [-0.15, -0.1) is 6.58 Å². The highest BCUT2D eigenvalue weighted by atomic mass is 15.2. The Morgan fingerprint density at radius 1 is 1.44 bits per heavy atom. The second-order valence-electron chi connectivity index (χ2n) is 4.54. The maximum absolute atomic E-state index is 4.31. The molecule has 2 rings (SSSR count). The second-order valence-corrected chi connectivity index (χ2v) is 4.54. The van der Waals surface area contributed by atoms with Crippen molar-refractivity contribution in [3.05, 3.63) is 54.9 Å². The summed E-state index contributed by atoms with van der Waals surface area (Å²) < 4.78 is 2.05. The van der Waals surface area contributed by atoms with Crippen LogP contribution in [-0.2, 0) is 0 Å². The molecular weight excluding hydrogens is 222 g/mol. The van der Waals surface area contributed by atoms with Gasteiger partial charge in [-0.3, -0.25) is 4.57 Å². The van der Waals surface area contributed by atoms with Crippen LogP contribution in [0.25, 0.3) is 5.69 Å². The molecule has 3 nitrogen and oxygen atoms in total. The fourth-order valence-electron chi connectivity index (χ4n) is 1.84. The SMILES string of the molecule is C=CCNc1nccn1-c1cccc(C(C)C)c1. The van der Waals surface area contributed by atoms with Crippen molar-refractivity contribution in [2.75, 3.05) is 11.9 Å². The largest absolute Gasteiger partial charge is 0.352 e. The Hall–Kier alpha value is -2.03. The van der Waals surface area contributed by atoms with Gasteiger partial charge in [0.1, 0.15) is 0 Å². The van der Waals surface area contributed by atoms with E-state index in [1.54, 1.807) is 6.20 Å². The summed E-state index contributed by atoms with van der Waals surface area (Å²) in [5.41, 5.74) is 2.46. The minimum absolute atomic E-state index is 0.526. The molecule has 2 aromatic rings. The Bertz CT molecular complexity index is 526. The first-order chi connectivity index (χ1) is 8.72. The lowest BCUT2D eigenvalue weighted by Gasteiger charge is -2.11. The first kappa shape index (κ1) is 12.4. The standard InChI is InChI=1S/C15H19N3/c1-4-8-16-15-17-9-10-18(15)14-7-5-6-13(11-14)12(2)3/h4-7,9-12H,1,8H2,2-3H3,(H,16,17). The van der Waals surface area contributed by atoms with Gasteiger partial charge in [0.25, 0.3) is 0 Å². The number of nitrogens with zero attached hydrogens (tertiary/aromatic N) is 2. The normalized spacial score (nSPS) is 10.6. The number of rotatable bonds is 5. The Morgan fingerprint density at radius 2 is 2.28 bits per heavy atom. The van der Waals surface area contributed by atoms with E-state index in [0.29, 0.717) is 12.5 Å². The van der Waals surface area contributed by atoms with Gasteiger partial charge < -0.3 is 5.32 Å². The van der Waals surface area contributed by atoms with Crippen LogP contribution in [0.2, 0.25) is 0 Å². The van der Waals surface area contributed by atoms with E-state index in [0.717, 1.165) is 11.6 Å². The van der Waals surface area contributed by atoms with Gasteiger partial charge >= 0.3 is 0 Å². The summed E-state index contributed by atoms with van der Waals surface area (Å²) in [6.45, 7) is 8.81. The van der Waals surface area contributed by atoms with E-state index >= 15 is 0 Å². The lowest BCUT2D eigenvalue weighted by molar-refractivity contribution is 0.863. The van der Waals surface area contributed by atoms with Crippen molar-refractivity contribution in [1.82, 2.24) is 9.55 Å². The molecule has 94 valence electrons. The summed E-state index contributed by atoms with van der Waals surface area (Å²) in [7, 11) is 0. The van der Waals surface area contributed by atoms with E-state index in [4.69, 9.17) is 0 Å². The molecular formula is C15H19N3. The molecule has 0 aliphatic carbocycles. The maximum atomic E-state index is 4.31. The molecule has 0 bridgehead atoms. The Kier molecular flexibility index (Phi) is 3.82. The van der Waals surface area contributed by atoms with Crippen molar-refractivity contribution in [3.63, 3.8) is 0 Å². The van der Waals surface area contributed by atoms with Crippen LogP contribution < -0.4 is 5.32 Å². The van der Waals surface area contributed by atoms with E-state index in [2.05, 4.69) is 59.6 Å². The van der Waals surface area contributed by atoms with Crippen LogP contribution in [0.3, 0.4) is 0 Å². The first-order valence-electron chi connectivity index (χ1n) is 6.21. The molecule has 0 radical (unpaired) electrons. The Balaban J connectivity index is 2.33. The average Bonchev–Trinajstić information content (AvgIpc) is 2.84. The monoisotopic (exact) mass is 241 g/mol. The first-order valence-corrected chi connectivity index (χ1v) is 6.21. The third-order valence-electron chi connectivity index (χ3n) is 2.86. The van der Waals surface area contributed by atoms with Crippen molar-refractivity contribution in [2.45, 2.75) is 19.8 Å². The molecule has 0 unspecified atom stereocenters. The summed E-state index contributed by atoms with van der Waals surface area (Å²) >= 11 is 0. The topological polar surface area (TPSA) is 29.9 Å². The fraction of sp³-hybridized carbons (Fsp3) is 0.267. The van der Waals surface area contributed by atoms with Crippen LogP contribution in [0.4, 0.5) is 5.95 Å². The van der Waals surface area contributed by atoms with Gasteiger partial charge in [-0.1, -0.05) is 32.1 Å². The number of imidazole rings is 1. The summed E-state index contributed by atoms with van der Waals surface area (Å²) in [6.07, 6.45) is 5.59. The van der Waals surface area contributed by atoms with Crippen molar-refractivity contribution in [1.29, 1.82) is 0 Å². The van der Waals surface area contributed by atoms with Gasteiger partial charge in [0.05, 0.1) is 0 Å². The van der Waals surface area contributed by atoms with Crippen molar-refractivity contribution < 1.29 is 0 Å². The van der Waals surface area contributed by atoms with Gasteiger partial charge in [-0.25, -0.2) is 4.98 Å². The molecule has 3 heteroatoms. The Labute approximate surface area is 108 Å². The molecule has 0 atom stereocenters. The van der Waals surface area contributed by atoms with Crippen LogP contribution in [0, 0.1) is 0 Å². The number of nitrogens with one attached hydrogen (secondary N) is 1. The predicted molar refractivity (Wildman–Crippen MR) is 76.3 cm³/mol. The number of anilines is 1. The number of benzene rings is 1. The summed E-state index contributed by atoms with van der Waals surface area (Å²) in [5.74, 6) is 1.37. The van der Waals surface area contributed by atoms with Gasteiger partial charge in [0, 0.05) is 24.6 Å². The minimum atomic E-state index is 0.526. The Morgan fingerprint density at radius 3 is 3.00 bits per heavy atom. The molecule has 0 saturated heterocycles. The molecule has 1 N–H and O–H groups in total. The van der Waals surface area contributed by atoms with Crippen LogP contribution in [0.5, 0.6) is 0 Å². The van der Waals surface area contributed by atoms with Crippen LogP contribution >= 0.6 is 0 Å². The molecule has 1 aromatic carbocycles. The van der Waals surface area contributed by atoms with Crippen molar-refractivity contribution in [2.24, 2.45) is 0 Å². The van der Waals surface area contributed by atoms with Crippen LogP contribution in [-0.4, -0.2) is 16.1 Å². The van der Waals surface area contributed by atoms with Gasteiger partial charge in [-0.2, -0.15) is 0 Å². The average molecular weight is 241 g/mol. The molecule has 0 fully saturated rings. The second kappa shape index (κ2) is 5.54. The van der Waals surface area contributed by atoms with Crippen molar-refractivity contribution >= 4 is 5.95 Å². The molecule has 18 heavy (non-hydrogen) atoms. The van der Waals surface area contributed by atoms with Gasteiger partial charge in [0.2, 0.25) is 5.95 Å².